The molecule has 5 aromatic rings. The van der Waals surface area contributed by atoms with E-state index in [4.69, 9.17) is 8.94 Å². The summed E-state index contributed by atoms with van der Waals surface area (Å²) in [5, 5.41) is 6.67. The monoisotopic (exact) mass is 619 g/mol. The molecule has 45 heavy (non-hydrogen) atoms. The van der Waals surface area contributed by atoms with Crippen molar-refractivity contribution in [2.45, 2.75) is 43.8 Å². The van der Waals surface area contributed by atoms with Crippen LogP contribution in [0.15, 0.2) is 87.8 Å². The molecule has 2 aromatic heterocycles. The molecule has 1 saturated carbocycles. The molecular formula is C34H29F4N3O4. The number of carbonyl (C=O) groups excluding carboxylic acids is 2. The van der Waals surface area contributed by atoms with E-state index in [-0.39, 0.29) is 29.1 Å². The average molecular weight is 620 g/mol. The average Bonchev–Trinajstić information content (AvgIpc) is 3.42. The Bertz CT molecular complexity index is 1780. The summed E-state index contributed by atoms with van der Waals surface area (Å²) < 4.78 is 64.0. The number of aryl methyl sites for hydroxylation is 1. The normalized spacial score (nSPS) is 16.4. The molecule has 1 fully saturated rings. The van der Waals surface area contributed by atoms with Crippen LogP contribution in [0, 0.1) is 12.7 Å². The molecule has 3 aromatic carbocycles. The molecule has 6 rings (SSSR count). The summed E-state index contributed by atoms with van der Waals surface area (Å²) >= 11 is 0. The van der Waals surface area contributed by atoms with Crippen molar-refractivity contribution in [2.75, 3.05) is 7.05 Å². The van der Waals surface area contributed by atoms with Crippen LogP contribution in [-0.4, -0.2) is 35.8 Å². The number of aromatic nitrogens is 2. The van der Waals surface area contributed by atoms with Gasteiger partial charge in [0.2, 0.25) is 11.7 Å². The van der Waals surface area contributed by atoms with Gasteiger partial charge >= 0.3 is 6.18 Å². The molecule has 0 spiro atoms. The Morgan fingerprint density at radius 1 is 1.00 bits per heavy atom. The number of nitrogens with zero attached hydrogens (tertiary/aromatic N) is 2. The fourth-order valence-corrected chi connectivity index (χ4v) is 4.91. The van der Waals surface area contributed by atoms with Crippen molar-refractivity contribution >= 4 is 12.6 Å². The van der Waals surface area contributed by atoms with Gasteiger partial charge in [-0.2, -0.15) is 18.2 Å². The van der Waals surface area contributed by atoms with Gasteiger partial charge in [-0.15, -0.1) is 0 Å². The van der Waals surface area contributed by atoms with Crippen molar-refractivity contribution in [1.29, 1.82) is 0 Å². The van der Waals surface area contributed by atoms with Crippen LogP contribution in [0.4, 0.5) is 17.6 Å². The Labute approximate surface area is 256 Å². The highest BCUT2D eigenvalue weighted by molar-refractivity contribution is 5.72. The lowest BCUT2D eigenvalue weighted by atomic mass is 10.0. The van der Waals surface area contributed by atoms with E-state index >= 15 is 0 Å². The summed E-state index contributed by atoms with van der Waals surface area (Å²) in [6, 6.07) is 20.8. The lowest BCUT2D eigenvalue weighted by molar-refractivity contribution is -0.137. The Morgan fingerprint density at radius 3 is 2.42 bits per heavy atom. The predicted octanol–water partition coefficient (Wildman–Crippen LogP) is 7.56. The number of aldehydes is 2. The third kappa shape index (κ3) is 7.61. The highest BCUT2D eigenvalue weighted by Gasteiger charge is 2.44. The van der Waals surface area contributed by atoms with E-state index in [9.17, 15) is 27.2 Å². The molecule has 1 N–H and O–H groups in total. The maximum Gasteiger partial charge on any atom is 0.416 e. The van der Waals surface area contributed by atoms with Crippen molar-refractivity contribution in [3.05, 3.63) is 119 Å². The standard InChI is InChI=1S/C22H19F4N3O2.C12H10O2/c1-27-15(11-30)7-12-5-6-16(19(23)8-12)20-28-21(31-29-20)18-10-17(18)13-3-2-4-14(9-13)22(24,25)26;1-9-2-4-10(5-3-9)12-7-6-11(8-13)14-12/h2-6,8-9,11,15,17-18,27H,7,10H2,1H3;2-8H,1H3/t15?,17-,18?;/m0./s1. The number of alkyl halides is 3. The van der Waals surface area contributed by atoms with Gasteiger partial charge in [0, 0.05) is 11.5 Å². The molecule has 0 radical (unpaired) electrons. The second-order valence-electron chi connectivity index (χ2n) is 10.8. The molecule has 3 atom stereocenters. The number of nitrogens with one attached hydrogen (secondary N) is 1. The second kappa shape index (κ2) is 13.4. The number of benzene rings is 3. The molecule has 0 aliphatic heterocycles. The highest BCUT2D eigenvalue weighted by Crippen LogP contribution is 2.54. The highest BCUT2D eigenvalue weighted by atomic mass is 19.4. The van der Waals surface area contributed by atoms with Gasteiger partial charge in [-0.25, -0.2) is 4.39 Å². The van der Waals surface area contributed by atoms with Gasteiger partial charge in [-0.3, -0.25) is 4.79 Å². The van der Waals surface area contributed by atoms with E-state index < -0.39 is 23.6 Å². The Kier molecular flexibility index (Phi) is 9.38. The number of likely N-dealkylation sites (N-methyl/N-ethyl adjacent to an activating group) is 1. The molecule has 232 valence electrons. The van der Waals surface area contributed by atoms with Crippen LogP contribution in [-0.2, 0) is 17.4 Å². The summed E-state index contributed by atoms with van der Waals surface area (Å²) in [4.78, 5) is 25.6. The first kappa shape index (κ1) is 31.5. The Morgan fingerprint density at radius 2 is 1.78 bits per heavy atom. The van der Waals surface area contributed by atoms with Crippen molar-refractivity contribution in [3.8, 4) is 22.7 Å². The lowest BCUT2D eigenvalue weighted by Crippen LogP contribution is -2.28. The van der Waals surface area contributed by atoms with Crippen molar-refractivity contribution < 1.29 is 36.1 Å². The zero-order chi connectivity index (χ0) is 32.1. The van der Waals surface area contributed by atoms with E-state index in [0.29, 0.717) is 36.0 Å². The van der Waals surface area contributed by atoms with Gasteiger partial charge in [-0.1, -0.05) is 59.3 Å². The topological polar surface area (TPSA) is 98.2 Å². The van der Waals surface area contributed by atoms with Gasteiger partial charge in [0.25, 0.3) is 0 Å². The molecule has 2 heterocycles. The van der Waals surface area contributed by atoms with Gasteiger partial charge in [0.05, 0.1) is 17.2 Å². The number of halogens is 4. The molecule has 0 saturated heterocycles. The third-order valence-corrected chi connectivity index (χ3v) is 7.54. The quantitative estimate of drug-likeness (QED) is 0.134. The summed E-state index contributed by atoms with van der Waals surface area (Å²) in [6.07, 6.45) is -2.01. The first-order chi connectivity index (χ1) is 21.6. The van der Waals surface area contributed by atoms with Crippen LogP contribution >= 0.6 is 0 Å². The maximum absolute atomic E-state index is 14.6. The van der Waals surface area contributed by atoms with Crippen LogP contribution < -0.4 is 5.32 Å². The van der Waals surface area contributed by atoms with Gasteiger partial charge in [0.15, 0.2) is 12.0 Å². The van der Waals surface area contributed by atoms with Crippen LogP contribution in [0.2, 0.25) is 0 Å². The Hall–Kier alpha value is -4.90. The van der Waals surface area contributed by atoms with Crippen LogP contribution in [0.1, 0.15) is 57.0 Å². The van der Waals surface area contributed by atoms with Gasteiger partial charge in [0.1, 0.15) is 17.9 Å². The van der Waals surface area contributed by atoms with Crippen LogP contribution in [0.3, 0.4) is 0 Å². The summed E-state index contributed by atoms with van der Waals surface area (Å²) in [6.45, 7) is 2.03. The zero-order valence-corrected chi connectivity index (χ0v) is 24.3. The largest absolute Gasteiger partial charge is 0.453 e. The fourth-order valence-electron chi connectivity index (χ4n) is 4.91. The summed E-state index contributed by atoms with van der Waals surface area (Å²) in [5.41, 5.74) is 2.86. The summed E-state index contributed by atoms with van der Waals surface area (Å²) in [7, 11) is 1.65. The summed E-state index contributed by atoms with van der Waals surface area (Å²) in [5.74, 6) is 0.551. The van der Waals surface area contributed by atoms with Crippen molar-refractivity contribution in [2.24, 2.45) is 0 Å². The lowest BCUT2D eigenvalue weighted by Gasteiger charge is -2.09. The van der Waals surface area contributed by atoms with Crippen LogP contribution in [0.25, 0.3) is 22.7 Å². The molecule has 0 bridgehead atoms. The van der Waals surface area contributed by atoms with E-state index in [2.05, 4.69) is 15.5 Å². The van der Waals surface area contributed by atoms with Gasteiger partial charge < -0.3 is 19.1 Å². The van der Waals surface area contributed by atoms with E-state index in [1.165, 1.54) is 23.8 Å². The molecule has 1 aliphatic rings. The SMILES string of the molecule is CNC(C=O)Cc1ccc(-c2noc(C3C[C@H]3c3cccc(C(F)(F)F)c3)n2)c(F)c1.Cc1ccc(-c2ccc(C=O)o2)cc1. The minimum atomic E-state index is -4.40. The predicted molar refractivity (Wildman–Crippen MR) is 158 cm³/mol. The number of rotatable bonds is 9. The maximum atomic E-state index is 14.6. The first-order valence-corrected chi connectivity index (χ1v) is 14.1. The molecule has 11 heteroatoms. The number of furan rings is 1. The molecule has 2 unspecified atom stereocenters. The zero-order valence-electron chi connectivity index (χ0n) is 24.3. The van der Waals surface area contributed by atoms with E-state index in [1.807, 2.05) is 31.2 Å². The van der Waals surface area contributed by atoms with E-state index in [1.54, 1.807) is 31.3 Å². The molecule has 1 aliphatic carbocycles. The molecular weight excluding hydrogens is 590 g/mol. The van der Waals surface area contributed by atoms with Crippen molar-refractivity contribution in [1.82, 2.24) is 15.5 Å². The fraction of sp³-hybridized carbons (Fsp3) is 0.235. The van der Waals surface area contributed by atoms with Crippen molar-refractivity contribution in [3.63, 3.8) is 0 Å². The van der Waals surface area contributed by atoms with Gasteiger partial charge in [-0.05, 0) is 74.2 Å². The smallest absolute Gasteiger partial charge is 0.416 e. The van der Waals surface area contributed by atoms with Crippen LogP contribution in [0.5, 0.6) is 0 Å². The minimum absolute atomic E-state index is 0.0781. The second-order valence-corrected chi connectivity index (χ2v) is 10.8. The number of hydrogen-bond acceptors (Lipinski definition) is 7. The Balaban J connectivity index is 0.000000238. The third-order valence-electron chi connectivity index (χ3n) is 7.54. The first-order valence-electron chi connectivity index (χ1n) is 14.1. The van der Waals surface area contributed by atoms with E-state index in [0.717, 1.165) is 29.7 Å². The molecule has 7 nitrogen and oxygen atoms in total. The number of carbonyl (C=O) groups is 2. The minimum Gasteiger partial charge on any atom is -0.453 e. The molecule has 0 amide bonds. The number of hydrogen-bond donors (Lipinski definition) is 1.